The number of rotatable bonds is 7. The van der Waals surface area contributed by atoms with Crippen molar-refractivity contribution in [3.8, 4) is 17.2 Å². The molecule has 0 bridgehead atoms. The number of likely N-dealkylation sites (tertiary alicyclic amines) is 1. The Balaban J connectivity index is 1.31. The molecule has 2 aromatic heterocycles. The maximum absolute atomic E-state index is 13.0. The van der Waals surface area contributed by atoms with Crippen molar-refractivity contribution in [3.05, 3.63) is 42.3 Å². The molecule has 12 nitrogen and oxygen atoms in total. The Morgan fingerprint density at radius 2 is 1.85 bits per heavy atom. The molecule has 5 rings (SSSR count). The Morgan fingerprint density at radius 3 is 2.50 bits per heavy atom. The van der Waals surface area contributed by atoms with Gasteiger partial charge in [0.2, 0.25) is 5.89 Å². The van der Waals surface area contributed by atoms with E-state index in [9.17, 15) is 22.8 Å². The molecule has 1 saturated heterocycles. The number of hydrogen-bond donors (Lipinski definition) is 1. The lowest BCUT2D eigenvalue weighted by molar-refractivity contribution is -0.274. The van der Waals surface area contributed by atoms with Gasteiger partial charge in [0.05, 0.1) is 6.04 Å². The first-order valence-electron chi connectivity index (χ1n) is 12.7. The van der Waals surface area contributed by atoms with E-state index in [0.717, 1.165) is 18.4 Å². The third kappa shape index (κ3) is 6.69. The topological polar surface area (TPSA) is 138 Å². The van der Waals surface area contributed by atoms with Crippen molar-refractivity contribution >= 4 is 12.0 Å². The van der Waals surface area contributed by atoms with Gasteiger partial charge in [0, 0.05) is 24.7 Å². The maximum atomic E-state index is 13.0. The molecule has 2 fully saturated rings. The molecule has 2 atom stereocenters. The van der Waals surface area contributed by atoms with Crippen molar-refractivity contribution in [2.24, 2.45) is 0 Å². The number of aromatic nitrogens is 5. The highest BCUT2D eigenvalue weighted by Gasteiger charge is 2.39. The molecule has 2 unspecified atom stereocenters. The van der Waals surface area contributed by atoms with Crippen LogP contribution >= 0.6 is 0 Å². The molecule has 0 spiro atoms. The summed E-state index contributed by atoms with van der Waals surface area (Å²) in [6, 6.07) is 3.19. The Bertz CT molecular complexity index is 1370. The van der Waals surface area contributed by atoms with Crippen molar-refractivity contribution in [1.82, 2.24) is 35.2 Å². The standard InChI is InChI=1S/C25H28F3N7O5/c1-24(2,3)40-23(37)35-10-15(8-16(35)11-34-12-29-30-13-34)31-20(36)22-33-32-21(38-22)19-9-17(39-25(26,27)28)6-7-18(19)14-4-5-14/h6-7,9,12-16H,4-5,8,10-11H2,1-3H3,(H,31,36). The summed E-state index contributed by atoms with van der Waals surface area (Å²) >= 11 is 0. The van der Waals surface area contributed by atoms with Gasteiger partial charge in [-0.1, -0.05) is 6.07 Å². The second kappa shape index (κ2) is 10.4. The summed E-state index contributed by atoms with van der Waals surface area (Å²) in [6.07, 6.45) is -0.157. The highest BCUT2D eigenvalue weighted by atomic mass is 19.4. The Morgan fingerprint density at radius 1 is 1.12 bits per heavy atom. The number of alkyl halides is 3. The fraction of sp³-hybridized carbons (Fsp3) is 0.520. The first-order chi connectivity index (χ1) is 18.8. The van der Waals surface area contributed by atoms with Gasteiger partial charge in [-0.25, -0.2) is 4.79 Å². The summed E-state index contributed by atoms with van der Waals surface area (Å²) in [5.74, 6) is -1.40. The summed E-state index contributed by atoms with van der Waals surface area (Å²) in [5, 5.41) is 18.1. The normalized spacial score (nSPS) is 19.5. The molecule has 1 aliphatic heterocycles. The summed E-state index contributed by atoms with van der Waals surface area (Å²) in [4.78, 5) is 27.5. The van der Waals surface area contributed by atoms with Crippen molar-refractivity contribution in [2.75, 3.05) is 6.54 Å². The molecular weight excluding hydrogens is 535 g/mol. The van der Waals surface area contributed by atoms with E-state index in [1.807, 2.05) is 0 Å². The quantitative estimate of drug-likeness (QED) is 0.453. The highest BCUT2D eigenvalue weighted by molar-refractivity contribution is 5.90. The number of amides is 2. The SMILES string of the molecule is CC(C)(C)OC(=O)N1CC(NC(=O)c2nnc(-c3cc(OC(F)(F)F)ccc3C3CC3)o2)CC1Cn1cnnc1. The van der Waals surface area contributed by atoms with Gasteiger partial charge >= 0.3 is 24.3 Å². The van der Waals surface area contributed by atoms with E-state index in [0.29, 0.717) is 13.0 Å². The first kappa shape index (κ1) is 27.4. The van der Waals surface area contributed by atoms with E-state index in [2.05, 4.69) is 30.4 Å². The first-order valence-corrected chi connectivity index (χ1v) is 12.7. The molecule has 1 aromatic carbocycles. The van der Waals surface area contributed by atoms with Gasteiger partial charge in [0.15, 0.2) is 0 Å². The van der Waals surface area contributed by atoms with Gasteiger partial charge in [0.25, 0.3) is 0 Å². The largest absolute Gasteiger partial charge is 0.573 e. The number of carbonyl (C=O) groups excluding carboxylic acids is 2. The minimum absolute atomic E-state index is 0.0908. The number of hydrogen-bond acceptors (Lipinski definition) is 9. The van der Waals surface area contributed by atoms with Crippen LogP contribution in [-0.4, -0.2) is 72.5 Å². The van der Waals surface area contributed by atoms with Crippen molar-refractivity contribution < 1.29 is 36.7 Å². The van der Waals surface area contributed by atoms with E-state index in [-0.39, 0.29) is 35.8 Å². The maximum Gasteiger partial charge on any atom is 0.573 e. The number of halogens is 3. The number of nitrogens with one attached hydrogen (secondary N) is 1. The molecule has 0 radical (unpaired) electrons. The van der Waals surface area contributed by atoms with Crippen molar-refractivity contribution in [1.29, 1.82) is 0 Å². The third-order valence-electron chi connectivity index (χ3n) is 6.39. The molecule has 2 amide bonds. The highest BCUT2D eigenvalue weighted by Crippen LogP contribution is 2.45. The van der Waals surface area contributed by atoms with E-state index < -0.39 is 35.8 Å². The third-order valence-corrected chi connectivity index (χ3v) is 6.39. The van der Waals surface area contributed by atoms with Crippen LogP contribution in [0, 0.1) is 0 Å². The number of nitrogens with zero attached hydrogens (tertiary/aromatic N) is 6. The van der Waals surface area contributed by atoms with Crippen LogP contribution in [0.5, 0.6) is 5.75 Å². The fourth-order valence-corrected chi connectivity index (χ4v) is 4.64. The minimum Gasteiger partial charge on any atom is -0.444 e. The van der Waals surface area contributed by atoms with Crippen LogP contribution in [0.15, 0.2) is 35.3 Å². The zero-order valence-electron chi connectivity index (χ0n) is 22.0. The van der Waals surface area contributed by atoms with Crippen LogP contribution in [0.2, 0.25) is 0 Å². The molecule has 3 heterocycles. The molecule has 3 aromatic rings. The predicted molar refractivity (Wildman–Crippen MR) is 131 cm³/mol. The van der Waals surface area contributed by atoms with E-state index in [1.165, 1.54) is 30.9 Å². The number of ether oxygens (including phenoxy) is 2. The average molecular weight is 564 g/mol. The van der Waals surface area contributed by atoms with Crippen LogP contribution in [0.25, 0.3) is 11.5 Å². The molecule has 40 heavy (non-hydrogen) atoms. The smallest absolute Gasteiger partial charge is 0.444 e. The van der Waals surface area contributed by atoms with Crippen LogP contribution in [0.1, 0.15) is 62.2 Å². The predicted octanol–water partition coefficient (Wildman–Crippen LogP) is 3.91. The van der Waals surface area contributed by atoms with Crippen LogP contribution in [0.3, 0.4) is 0 Å². The Kier molecular flexibility index (Phi) is 7.14. The molecular formula is C25H28F3N7O5. The van der Waals surface area contributed by atoms with Gasteiger partial charge in [-0.05, 0) is 63.6 Å². The van der Waals surface area contributed by atoms with E-state index in [4.69, 9.17) is 9.15 Å². The zero-order chi connectivity index (χ0) is 28.7. The summed E-state index contributed by atoms with van der Waals surface area (Å²) in [5.41, 5.74) is 0.314. The van der Waals surface area contributed by atoms with Crippen molar-refractivity contribution in [2.45, 2.75) is 76.5 Å². The fourth-order valence-electron chi connectivity index (χ4n) is 4.64. The van der Waals surface area contributed by atoms with Crippen LogP contribution in [-0.2, 0) is 11.3 Å². The lowest BCUT2D eigenvalue weighted by atomic mass is 10.0. The molecule has 214 valence electrons. The lowest BCUT2D eigenvalue weighted by Gasteiger charge is -2.28. The van der Waals surface area contributed by atoms with Gasteiger partial charge < -0.3 is 28.7 Å². The Hall–Kier alpha value is -4.17. The molecule has 1 aliphatic carbocycles. The van der Waals surface area contributed by atoms with Gasteiger partial charge in [-0.2, -0.15) is 0 Å². The number of carbonyl (C=O) groups is 2. The van der Waals surface area contributed by atoms with Gasteiger partial charge in [0.1, 0.15) is 24.0 Å². The monoisotopic (exact) mass is 563 g/mol. The zero-order valence-corrected chi connectivity index (χ0v) is 22.0. The van der Waals surface area contributed by atoms with E-state index >= 15 is 0 Å². The van der Waals surface area contributed by atoms with Crippen LogP contribution < -0.4 is 10.1 Å². The van der Waals surface area contributed by atoms with Crippen molar-refractivity contribution in [3.63, 3.8) is 0 Å². The van der Waals surface area contributed by atoms with Crippen LogP contribution in [0.4, 0.5) is 18.0 Å². The second-order valence-corrected chi connectivity index (χ2v) is 10.8. The molecule has 15 heteroatoms. The number of benzene rings is 1. The summed E-state index contributed by atoms with van der Waals surface area (Å²) in [6.45, 7) is 5.87. The molecule has 1 N–H and O–H groups in total. The lowest BCUT2D eigenvalue weighted by Crippen LogP contribution is -2.43. The molecule has 1 saturated carbocycles. The van der Waals surface area contributed by atoms with Gasteiger partial charge in [-0.15, -0.1) is 33.6 Å². The van der Waals surface area contributed by atoms with E-state index in [1.54, 1.807) is 30.2 Å². The summed E-state index contributed by atoms with van der Waals surface area (Å²) < 4.78 is 55.3. The Labute approximate surface area is 226 Å². The second-order valence-electron chi connectivity index (χ2n) is 10.8. The summed E-state index contributed by atoms with van der Waals surface area (Å²) in [7, 11) is 0. The average Bonchev–Trinajstić information content (AvgIpc) is 3.21. The molecule has 2 aliphatic rings. The minimum atomic E-state index is -4.86. The van der Waals surface area contributed by atoms with Gasteiger partial charge in [-0.3, -0.25) is 4.79 Å².